The summed E-state index contributed by atoms with van der Waals surface area (Å²) in [7, 11) is 6.12. The fraction of sp³-hybridized carbons (Fsp3) is 0.314. The molecule has 0 unspecified atom stereocenters. The summed E-state index contributed by atoms with van der Waals surface area (Å²) in [5.74, 6) is 2.01. The molecule has 240 valence electrons. The van der Waals surface area contributed by atoms with Gasteiger partial charge in [-0.3, -0.25) is 9.80 Å². The maximum absolute atomic E-state index is 10.1. The topological polar surface area (TPSA) is 124 Å². The Hall–Kier alpha value is -4.80. The number of phenols is 4. The van der Waals surface area contributed by atoms with Crippen LogP contribution in [0.25, 0.3) is 0 Å². The second-order valence-electron chi connectivity index (χ2n) is 10.8. The van der Waals surface area contributed by atoms with E-state index in [9.17, 15) is 20.4 Å². The summed E-state index contributed by atoms with van der Waals surface area (Å²) in [5.41, 5.74) is 3.94. The van der Waals surface area contributed by atoms with Crippen LogP contribution in [-0.2, 0) is 26.2 Å². The first-order valence-corrected chi connectivity index (χ1v) is 14.6. The summed E-state index contributed by atoms with van der Waals surface area (Å²) in [6.45, 7) is 3.88. The lowest BCUT2D eigenvalue weighted by Gasteiger charge is -2.27. The van der Waals surface area contributed by atoms with E-state index in [0.717, 1.165) is 41.8 Å². The third-order valence-corrected chi connectivity index (χ3v) is 7.55. The Bertz CT molecular complexity index is 1340. The van der Waals surface area contributed by atoms with Gasteiger partial charge in [-0.25, -0.2) is 0 Å². The van der Waals surface area contributed by atoms with Gasteiger partial charge in [0.1, 0.15) is 0 Å². The minimum Gasteiger partial charge on any atom is -0.504 e. The van der Waals surface area contributed by atoms with E-state index in [1.54, 1.807) is 24.3 Å². The maximum Gasteiger partial charge on any atom is 0.160 e. The monoisotopic (exact) mass is 618 g/mol. The van der Waals surface area contributed by atoms with Crippen molar-refractivity contribution in [3.05, 3.63) is 95.1 Å². The van der Waals surface area contributed by atoms with Crippen molar-refractivity contribution in [1.82, 2.24) is 9.80 Å². The van der Waals surface area contributed by atoms with E-state index in [2.05, 4.69) is 9.80 Å². The third kappa shape index (κ3) is 9.10. The molecule has 4 rings (SSSR count). The lowest BCUT2D eigenvalue weighted by atomic mass is 10.1. The lowest BCUT2D eigenvalue weighted by Crippen LogP contribution is -2.29. The Labute approximate surface area is 264 Å². The van der Waals surface area contributed by atoms with Crippen molar-refractivity contribution in [2.45, 2.75) is 32.6 Å². The van der Waals surface area contributed by atoms with E-state index in [4.69, 9.17) is 18.9 Å². The molecule has 10 nitrogen and oxygen atoms in total. The molecule has 45 heavy (non-hydrogen) atoms. The molecule has 0 atom stereocenters. The predicted octanol–water partition coefficient (Wildman–Crippen LogP) is 5.64. The molecule has 0 saturated carbocycles. The molecule has 0 heterocycles. The van der Waals surface area contributed by atoms with Gasteiger partial charge in [-0.2, -0.15) is 0 Å². The van der Waals surface area contributed by atoms with Crippen molar-refractivity contribution in [3.63, 3.8) is 0 Å². The van der Waals surface area contributed by atoms with Crippen molar-refractivity contribution in [3.8, 4) is 46.0 Å². The van der Waals surface area contributed by atoms with E-state index in [1.807, 2.05) is 48.5 Å². The molecular weight excluding hydrogens is 576 g/mol. The average Bonchev–Trinajstić information content (AvgIpc) is 3.04. The van der Waals surface area contributed by atoms with Crippen LogP contribution in [0.2, 0.25) is 0 Å². The second-order valence-corrected chi connectivity index (χ2v) is 10.8. The highest BCUT2D eigenvalue weighted by molar-refractivity contribution is 5.44. The van der Waals surface area contributed by atoms with Crippen molar-refractivity contribution in [1.29, 1.82) is 0 Å². The van der Waals surface area contributed by atoms with Crippen LogP contribution in [0.1, 0.15) is 28.7 Å². The van der Waals surface area contributed by atoms with Gasteiger partial charge in [0.2, 0.25) is 0 Å². The highest BCUT2D eigenvalue weighted by Crippen LogP contribution is 2.31. The quantitative estimate of drug-likeness (QED) is 0.125. The molecule has 0 bridgehead atoms. The smallest absolute Gasteiger partial charge is 0.160 e. The van der Waals surface area contributed by atoms with Gasteiger partial charge >= 0.3 is 0 Å². The van der Waals surface area contributed by atoms with E-state index in [-0.39, 0.29) is 23.0 Å². The maximum atomic E-state index is 10.1. The Morgan fingerprint density at radius 2 is 0.667 bits per heavy atom. The van der Waals surface area contributed by atoms with Crippen LogP contribution >= 0.6 is 0 Å². The largest absolute Gasteiger partial charge is 0.504 e. The predicted molar refractivity (Wildman–Crippen MR) is 171 cm³/mol. The first kappa shape index (κ1) is 33.1. The molecular formula is C35H42N2O8. The molecule has 4 N–H and O–H groups in total. The summed E-state index contributed by atoms with van der Waals surface area (Å²) >= 11 is 0. The normalized spacial score (nSPS) is 11.2. The van der Waals surface area contributed by atoms with Crippen LogP contribution in [0.4, 0.5) is 0 Å². The number of aromatic hydroxyl groups is 4. The number of hydrogen-bond acceptors (Lipinski definition) is 10. The van der Waals surface area contributed by atoms with Gasteiger partial charge in [0.25, 0.3) is 0 Å². The van der Waals surface area contributed by atoms with Crippen LogP contribution in [0.5, 0.6) is 46.0 Å². The van der Waals surface area contributed by atoms with Gasteiger partial charge in [0, 0.05) is 39.3 Å². The molecule has 0 amide bonds. The minimum atomic E-state index is 0.0865. The van der Waals surface area contributed by atoms with Gasteiger partial charge in [0.15, 0.2) is 46.0 Å². The van der Waals surface area contributed by atoms with Gasteiger partial charge < -0.3 is 39.4 Å². The number of benzene rings is 4. The van der Waals surface area contributed by atoms with E-state index in [0.29, 0.717) is 49.2 Å². The summed E-state index contributed by atoms with van der Waals surface area (Å²) in [5, 5.41) is 40.4. The zero-order valence-corrected chi connectivity index (χ0v) is 26.2. The molecule has 0 aromatic heterocycles. The Morgan fingerprint density at radius 3 is 0.889 bits per heavy atom. The van der Waals surface area contributed by atoms with Crippen LogP contribution in [0.3, 0.4) is 0 Å². The van der Waals surface area contributed by atoms with E-state index in [1.165, 1.54) is 28.4 Å². The summed E-state index contributed by atoms with van der Waals surface area (Å²) in [6, 6.07) is 21.4. The van der Waals surface area contributed by atoms with Gasteiger partial charge in [-0.05, 0) is 77.2 Å². The van der Waals surface area contributed by atoms with Crippen LogP contribution < -0.4 is 18.9 Å². The molecule has 0 aliphatic rings. The summed E-state index contributed by atoms with van der Waals surface area (Å²) in [4.78, 5) is 4.59. The lowest BCUT2D eigenvalue weighted by molar-refractivity contribution is 0.206. The molecule has 10 heteroatoms. The summed E-state index contributed by atoms with van der Waals surface area (Å²) in [6.07, 6.45) is 0.814. The molecule has 4 aromatic carbocycles. The number of ether oxygens (including phenoxy) is 4. The first-order valence-electron chi connectivity index (χ1n) is 14.6. The SMILES string of the molecule is COc1cc(CN(CCCN(Cc2ccc(O)c(OC)c2)Cc2ccc(O)c(OC)c2)Cc2ccc(O)c(OC)c2)ccc1O. The zero-order valence-electron chi connectivity index (χ0n) is 26.2. The fourth-order valence-corrected chi connectivity index (χ4v) is 5.26. The van der Waals surface area contributed by atoms with Crippen molar-refractivity contribution >= 4 is 0 Å². The Kier molecular flexibility index (Phi) is 11.6. The number of hydrogen-bond donors (Lipinski definition) is 4. The average molecular weight is 619 g/mol. The fourth-order valence-electron chi connectivity index (χ4n) is 5.26. The van der Waals surface area contributed by atoms with Crippen molar-refractivity contribution < 1.29 is 39.4 Å². The van der Waals surface area contributed by atoms with Crippen LogP contribution in [-0.4, -0.2) is 71.8 Å². The van der Waals surface area contributed by atoms with Crippen LogP contribution in [0, 0.1) is 0 Å². The van der Waals surface area contributed by atoms with E-state index < -0.39 is 0 Å². The van der Waals surface area contributed by atoms with Gasteiger partial charge in [0.05, 0.1) is 28.4 Å². The van der Waals surface area contributed by atoms with E-state index >= 15 is 0 Å². The van der Waals surface area contributed by atoms with Crippen molar-refractivity contribution in [2.75, 3.05) is 41.5 Å². The Balaban J connectivity index is 1.54. The molecule has 0 saturated heterocycles. The number of nitrogens with zero attached hydrogens (tertiary/aromatic N) is 2. The van der Waals surface area contributed by atoms with Gasteiger partial charge in [-0.15, -0.1) is 0 Å². The number of rotatable bonds is 16. The molecule has 0 spiro atoms. The van der Waals surface area contributed by atoms with Crippen molar-refractivity contribution in [2.24, 2.45) is 0 Å². The first-order chi connectivity index (χ1) is 21.7. The molecule has 0 fully saturated rings. The molecule has 4 aromatic rings. The number of methoxy groups -OCH3 is 4. The number of phenolic OH excluding ortho intramolecular Hbond substituents is 4. The minimum absolute atomic E-state index is 0.0865. The highest BCUT2D eigenvalue weighted by atomic mass is 16.5. The highest BCUT2D eigenvalue weighted by Gasteiger charge is 2.15. The standard InChI is InChI=1S/C35H42N2O8/c1-42-32-16-24(6-10-28(32)38)20-36(21-25-7-11-29(39)33(17-25)43-2)14-5-15-37(22-26-8-12-30(40)34(18-26)44-3)23-27-9-13-31(41)35(19-27)45-4/h6-13,16-19,38-41H,5,14-15,20-23H2,1-4H3. The third-order valence-electron chi connectivity index (χ3n) is 7.55. The zero-order chi connectivity index (χ0) is 32.3. The Morgan fingerprint density at radius 1 is 0.422 bits per heavy atom. The molecule has 0 radical (unpaired) electrons. The van der Waals surface area contributed by atoms with Gasteiger partial charge in [-0.1, -0.05) is 24.3 Å². The molecule has 0 aliphatic carbocycles. The van der Waals surface area contributed by atoms with Crippen LogP contribution in [0.15, 0.2) is 72.8 Å². The summed E-state index contributed by atoms with van der Waals surface area (Å²) < 4.78 is 21.3. The molecule has 0 aliphatic heterocycles. The second kappa shape index (κ2) is 15.8.